The largest absolute Gasteiger partial charge is 0.496 e. The van der Waals surface area contributed by atoms with Gasteiger partial charge in [-0.2, -0.15) is 4.98 Å². The van der Waals surface area contributed by atoms with Gasteiger partial charge in [-0.25, -0.2) is 0 Å². The Labute approximate surface area is 165 Å². The summed E-state index contributed by atoms with van der Waals surface area (Å²) in [4.78, 5) is 7.20. The number of fused-ring (bicyclic) bond motifs is 1. The Morgan fingerprint density at radius 2 is 2.19 bits per heavy atom. The minimum absolute atomic E-state index is 0.418. The third-order valence-electron chi connectivity index (χ3n) is 5.99. The quantitative estimate of drug-likeness (QED) is 0.564. The fraction of sp³-hybridized carbons (Fsp3) is 0.600. The van der Waals surface area contributed by atoms with E-state index in [1.807, 2.05) is 0 Å². The summed E-state index contributed by atoms with van der Waals surface area (Å²) in [6, 6.07) is 4.24. The molecule has 0 bridgehead atoms. The average molecular weight is 391 g/mol. The molecule has 4 rings (SSSR count). The molecule has 2 atom stereocenters. The first-order valence-electron chi connectivity index (χ1n) is 9.85. The molecule has 2 aromatic rings. The van der Waals surface area contributed by atoms with Crippen molar-refractivity contribution in [3.05, 3.63) is 23.0 Å². The van der Waals surface area contributed by atoms with Crippen LogP contribution in [0, 0.1) is 5.92 Å². The number of rotatable bonds is 7. The highest BCUT2D eigenvalue weighted by Gasteiger charge is 2.36. The number of ether oxygens (including phenoxy) is 1. The average Bonchev–Trinajstić information content (AvgIpc) is 3.38. The van der Waals surface area contributed by atoms with Gasteiger partial charge in [-0.3, -0.25) is 0 Å². The lowest BCUT2D eigenvalue weighted by Gasteiger charge is -2.19. The van der Waals surface area contributed by atoms with Crippen LogP contribution in [0.25, 0.3) is 11.5 Å². The Hall–Kier alpha value is -1.79. The Kier molecular flexibility index (Phi) is 5.55. The van der Waals surface area contributed by atoms with E-state index in [2.05, 4.69) is 15.0 Å². The number of aromatic nitrogens is 2. The summed E-state index contributed by atoms with van der Waals surface area (Å²) in [5.74, 6) is 2.61. The lowest BCUT2D eigenvalue weighted by molar-refractivity contribution is 0.280. The Bertz CT molecular complexity index is 794. The first-order chi connectivity index (χ1) is 13.2. The molecule has 0 radical (unpaired) electrons. The minimum Gasteiger partial charge on any atom is -0.496 e. The van der Waals surface area contributed by atoms with E-state index in [0.717, 1.165) is 30.6 Å². The number of hydrogen-bond donors (Lipinski definition) is 1. The third-order valence-corrected chi connectivity index (χ3v) is 6.32. The summed E-state index contributed by atoms with van der Waals surface area (Å²) >= 11 is 6.13. The predicted molar refractivity (Wildman–Crippen MR) is 106 cm³/mol. The molecule has 6 nitrogen and oxygen atoms in total. The van der Waals surface area contributed by atoms with Gasteiger partial charge in [0.2, 0.25) is 0 Å². The second-order valence-electron chi connectivity index (χ2n) is 7.63. The molecule has 1 aromatic heterocycles. The number of aryl methyl sites for hydroxylation is 1. The number of nitrogen functional groups attached to an aromatic ring is 1. The second-order valence-corrected chi connectivity index (χ2v) is 8.04. The lowest BCUT2D eigenvalue weighted by Crippen LogP contribution is -2.25. The van der Waals surface area contributed by atoms with Gasteiger partial charge >= 0.3 is 0 Å². The van der Waals surface area contributed by atoms with Gasteiger partial charge in [0.15, 0.2) is 5.82 Å². The standard InChI is InChI=1S/C20H27ClN4O2/c1-26-18-12-16(22)15(21)11-14(18)20-23-19(24-27-20)7-3-2-5-13-8-10-25-9-4-6-17(13)25/h11-13,17H,2-10,22H2,1H3. The summed E-state index contributed by atoms with van der Waals surface area (Å²) in [6.45, 7) is 2.61. The van der Waals surface area contributed by atoms with Crippen molar-refractivity contribution in [3.63, 3.8) is 0 Å². The predicted octanol–water partition coefficient (Wildman–Crippen LogP) is 4.18. The number of nitrogens with two attached hydrogens (primary N) is 1. The van der Waals surface area contributed by atoms with Crippen LogP contribution < -0.4 is 10.5 Å². The number of anilines is 1. The van der Waals surface area contributed by atoms with Crippen molar-refractivity contribution in [2.75, 3.05) is 25.9 Å². The van der Waals surface area contributed by atoms with Crippen LogP contribution in [0.4, 0.5) is 5.69 Å². The van der Waals surface area contributed by atoms with Gasteiger partial charge in [-0.15, -0.1) is 0 Å². The van der Waals surface area contributed by atoms with Crippen molar-refractivity contribution in [2.45, 2.75) is 51.0 Å². The summed E-state index contributed by atoms with van der Waals surface area (Å²) in [5, 5.41) is 4.57. The van der Waals surface area contributed by atoms with Gasteiger partial charge in [0, 0.05) is 18.5 Å². The van der Waals surface area contributed by atoms with Crippen LogP contribution in [0.2, 0.25) is 5.02 Å². The monoisotopic (exact) mass is 390 g/mol. The molecule has 0 spiro atoms. The summed E-state index contributed by atoms with van der Waals surface area (Å²) in [7, 11) is 1.58. The zero-order valence-corrected chi connectivity index (χ0v) is 16.5. The molecule has 7 heteroatoms. The Balaban J connectivity index is 1.32. The van der Waals surface area contributed by atoms with E-state index < -0.39 is 0 Å². The highest BCUT2D eigenvalue weighted by atomic mass is 35.5. The van der Waals surface area contributed by atoms with Gasteiger partial charge in [0.05, 0.1) is 23.4 Å². The maximum absolute atomic E-state index is 6.13. The molecule has 146 valence electrons. The van der Waals surface area contributed by atoms with Crippen LogP contribution in [0.5, 0.6) is 5.75 Å². The molecule has 2 saturated heterocycles. The van der Waals surface area contributed by atoms with E-state index >= 15 is 0 Å². The SMILES string of the molecule is COc1cc(N)c(Cl)cc1-c1nc(CCCCC2CCN3CCCC23)no1. The van der Waals surface area contributed by atoms with Crippen LogP contribution in [-0.4, -0.2) is 41.3 Å². The van der Waals surface area contributed by atoms with E-state index in [-0.39, 0.29) is 0 Å². The van der Waals surface area contributed by atoms with Crippen molar-refractivity contribution in [2.24, 2.45) is 5.92 Å². The maximum atomic E-state index is 6.13. The molecule has 0 aliphatic carbocycles. The van der Waals surface area contributed by atoms with Gasteiger partial charge in [-0.05, 0) is 57.2 Å². The zero-order valence-electron chi connectivity index (χ0n) is 15.8. The third kappa shape index (κ3) is 3.92. The Morgan fingerprint density at radius 3 is 3.04 bits per heavy atom. The summed E-state index contributed by atoms with van der Waals surface area (Å²) in [5.41, 5.74) is 6.96. The number of unbranched alkanes of at least 4 members (excludes halogenated alkanes) is 1. The summed E-state index contributed by atoms with van der Waals surface area (Å²) in [6.07, 6.45) is 8.59. The van der Waals surface area contributed by atoms with Crippen molar-refractivity contribution in [3.8, 4) is 17.2 Å². The fourth-order valence-electron chi connectivity index (χ4n) is 4.58. The van der Waals surface area contributed by atoms with Crippen molar-refractivity contribution in [1.29, 1.82) is 0 Å². The first kappa shape index (κ1) is 18.6. The molecule has 2 aliphatic heterocycles. The normalized spacial score (nSPS) is 22.3. The molecule has 27 heavy (non-hydrogen) atoms. The lowest BCUT2D eigenvalue weighted by atomic mass is 9.92. The maximum Gasteiger partial charge on any atom is 0.261 e. The van der Waals surface area contributed by atoms with Gasteiger partial charge in [0.25, 0.3) is 5.89 Å². The molecule has 3 heterocycles. The van der Waals surface area contributed by atoms with Crippen LogP contribution in [0.15, 0.2) is 16.7 Å². The number of nitrogens with zero attached hydrogens (tertiary/aromatic N) is 3. The number of hydrogen-bond acceptors (Lipinski definition) is 6. The first-order valence-corrected chi connectivity index (χ1v) is 10.2. The number of benzene rings is 1. The van der Waals surface area contributed by atoms with Crippen molar-refractivity contribution in [1.82, 2.24) is 15.0 Å². The highest BCUT2D eigenvalue weighted by molar-refractivity contribution is 6.33. The van der Waals surface area contributed by atoms with Gasteiger partial charge < -0.3 is 19.9 Å². The van der Waals surface area contributed by atoms with E-state index in [1.165, 1.54) is 45.2 Å². The molecular formula is C20H27ClN4O2. The highest BCUT2D eigenvalue weighted by Crippen LogP contribution is 2.36. The van der Waals surface area contributed by atoms with Gasteiger partial charge in [0.1, 0.15) is 5.75 Å². The molecule has 2 unspecified atom stereocenters. The van der Waals surface area contributed by atoms with E-state index in [0.29, 0.717) is 27.9 Å². The minimum atomic E-state index is 0.418. The van der Waals surface area contributed by atoms with Crippen LogP contribution in [0.3, 0.4) is 0 Å². The van der Waals surface area contributed by atoms with E-state index in [4.69, 9.17) is 26.6 Å². The molecule has 0 saturated carbocycles. The molecular weight excluding hydrogens is 364 g/mol. The van der Waals surface area contributed by atoms with Crippen LogP contribution in [-0.2, 0) is 6.42 Å². The van der Waals surface area contributed by atoms with E-state index in [9.17, 15) is 0 Å². The van der Waals surface area contributed by atoms with Crippen LogP contribution in [0.1, 0.15) is 44.3 Å². The Morgan fingerprint density at radius 1 is 1.30 bits per heavy atom. The molecule has 2 aliphatic rings. The zero-order chi connectivity index (χ0) is 18.8. The van der Waals surface area contributed by atoms with Crippen LogP contribution >= 0.6 is 11.6 Å². The smallest absolute Gasteiger partial charge is 0.261 e. The topological polar surface area (TPSA) is 77.4 Å². The molecule has 2 N–H and O–H groups in total. The molecule has 0 amide bonds. The fourth-order valence-corrected chi connectivity index (χ4v) is 4.75. The number of methoxy groups -OCH3 is 1. The van der Waals surface area contributed by atoms with E-state index in [1.54, 1.807) is 19.2 Å². The van der Waals surface area contributed by atoms with Crippen molar-refractivity contribution >= 4 is 17.3 Å². The number of halogens is 1. The van der Waals surface area contributed by atoms with Crippen molar-refractivity contribution < 1.29 is 9.26 Å². The second kappa shape index (κ2) is 8.07. The molecule has 2 fully saturated rings. The summed E-state index contributed by atoms with van der Waals surface area (Å²) < 4.78 is 10.8. The van der Waals surface area contributed by atoms with Gasteiger partial charge in [-0.1, -0.05) is 23.2 Å². The molecule has 1 aromatic carbocycles.